The SMILES string of the molecule is CC1=CC(=O)[C@H](C(=O)/C=C/C=C\c2ccccc2)C(=O)O1. The van der Waals surface area contributed by atoms with Crippen molar-refractivity contribution in [2.75, 3.05) is 0 Å². The number of benzene rings is 1. The first-order chi connectivity index (χ1) is 10.1. The largest absolute Gasteiger partial charge is 0.430 e. The van der Waals surface area contributed by atoms with Gasteiger partial charge < -0.3 is 4.74 Å². The van der Waals surface area contributed by atoms with Gasteiger partial charge in [-0.1, -0.05) is 48.6 Å². The summed E-state index contributed by atoms with van der Waals surface area (Å²) >= 11 is 0. The number of esters is 1. The van der Waals surface area contributed by atoms with Crippen molar-refractivity contribution in [3.05, 3.63) is 66.0 Å². The Balaban J connectivity index is 2.01. The van der Waals surface area contributed by atoms with Crippen molar-refractivity contribution < 1.29 is 19.1 Å². The molecule has 0 saturated carbocycles. The summed E-state index contributed by atoms with van der Waals surface area (Å²) in [6, 6.07) is 9.55. The van der Waals surface area contributed by atoms with Crippen LogP contribution in [0.4, 0.5) is 0 Å². The van der Waals surface area contributed by atoms with E-state index in [9.17, 15) is 14.4 Å². The Morgan fingerprint density at radius 3 is 2.52 bits per heavy atom. The Bertz CT molecular complexity index is 651. The molecule has 1 atom stereocenters. The molecule has 0 aliphatic carbocycles. The van der Waals surface area contributed by atoms with E-state index >= 15 is 0 Å². The summed E-state index contributed by atoms with van der Waals surface area (Å²) in [6.07, 6.45) is 7.36. The minimum absolute atomic E-state index is 0.210. The van der Waals surface area contributed by atoms with Crippen molar-refractivity contribution in [1.29, 1.82) is 0 Å². The number of ketones is 2. The summed E-state index contributed by atoms with van der Waals surface area (Å²) in [5, 5.41) is 0. The van der Waals surface area contributed by atoms with Gasteiger partial charge >= 0.3 is 5.97 Å². The standard InChI is InChI=1S/C17H14O4/c1-12-11-15(19)16(17(20)21-12)14(18)10-6-5-9-13-7-3-2-4-8-13/h2-11,16H,1H3/b9-5-,10-6+/t16-/m0/s1. The highest BCUT2D eigenvalue weighted by Gasteiger charge is 2.36. The van der Waals surface area contributed by atoms with Crippen molar-refractivity contribution in [2.45, 2.75) is 6.92 Å². The van der Waals surface area contributed by atoms with Crippen LogP contribution >= 0.6 is 0 Å². The summed E-state index contributed by atoms with van der Waals surface area (Å²) in [4.78, 5) is 35.1. The molecule has 0 unspecified atom stereocenters. The van der Waals surface area contributed by atoms with Gasteiger partial charge in [0.25, 0.3) is 0 Å². The highest BCUT2D eigenvalue weighted by molar-refractivity contribution is 6.24. The molecule has 0 N–H and O–H groups in total. The Labute approximate surface area is 122 Å². The summed E-state index contributed by atoms with van der Waals surface area (Å²) in [5.41, 5.74) is 0.987. The number of hydrogen-bond donors (Lipinski definition) is 0. The van der Waals surface area contributed by atoms with Crippen LogP contribution in [-0.4, -0.2) is 17.5 Å². The Morgan fingerprint density at radius 2 is 1.86 bits per heavy atom. The van der Waals surface area contributed by atoms with Crippen LogP contribution in [0.1, 0.15) is 12.5 Å². The van der Waals surface area contributed by atoms with Crippen molar-refractivity contribution >= 4 is 23.6 Å². The number of hydrogen-bond acceptors (Lipinski definition) is 4. The van der Waals surface area contributed by atoms with E-state index in [0.29, 0.717) is 0 Å². The molecule has 1 aromatic rings. The molecule has 1 aromatic carbocycles. The van der Waals surface area contributed by atoms with Gasteiger partial charge in [-0.2, -0.15) is 0 Å². The van der Waals surface area contributed by atoms with Crippen molar-refractivity contribution in [3.63, 3.8) is 0 Å². The molecular weight excluding hydrogens is 268 g/mol. The summed E-state index contributed by atoms with van der Waals surface area (Å²) < 4.78 is 4.79. The molecule has 0 spiro atoms. The van der Waals surface area contributed by atoms with Crippen molar-refractivity contribution in [1.82, 2.24) is 0 Å². The Morgan fingerprint density at radius 1 is 1.14 bits per heavy atom. The van der Waals surface area contributed by atoms with Gasteiger partial charge in [-0.25, -0.2) is 0 Å². The monoisotopic (exact) mass is 282 g/mol. The molecular formula is C17H14O4. The molecule has 0 fully saturated rings. The molecule has 4 nitrogen and oxygen atoms in total. The van der Waals surface area contributed by atoms with Crippen molar-refractivity contribution in [3.8, 4) is 0 Å². The Hall–Kier alpha value is -2.75. The molecule has 0 amide bonds. The normalized spacial score (nSPS) is 18.9. The molecule has 106 valence electrons. The lowest BCUT2D eigenvalue weighted by Crippen LogP contribution is -2.34. The molecule has 0 saturated heterocycles. The highest BCUT2D eigenvalue weighted by Crippen LogP contribution is 2.16. The number of carbonyl (C=O) groups excluding carboxylic acids is 3. The number of rotatable bonds is 4. The fraction of sp³-hybridized carbons (Fsp3) is 0.118. The van der Waals surface area contributed by atoms with Gasteiger partial charge in [0.15, 0.2) is 17.5 Å². The van der Waals surface area contributed by atoms with Gasteiger partial charge in [-0.15, -0.1) is 0 Å². The minimum Gasteiger partial charge on any atom is -0.430 e. The molecule has 0 bridgehead atoms. The molecule has 0 aromatic heterocycles. The van der Waals surface area contributed by atoms with Crippen LogP contribution in [0.15, 0.2) is 60.4 Å². The zero-order valence-electron chi connectivity index (χ0n) is 11.5. The Kier molecular flexibility index (Phi) is 4.61. The number of cyclic esters (lactones) is 1. The maximum Gasteiger partial charge on any atom is 0.329 e. The van der Waals surface area contributed by atoms with E-state index in [1.807, 2.05) is 36.4 Å². The molecule has 0 radical (unpaired) electrons. The predicted molar refractivity (Wildman–Crippen MR) is 78.0 cm³/mol. The molecule has 1 heterocycles. The van der Waals surface area contributed by atoms with Crippen LogP contribution < -0.4 is 0 Å². The van der Waals surface area contributed by atoms with Gasteiger partial charge in [0, 0.05) is 6.08 Å². The third kappa shape index (κ3) is 3.86. The van der Waals surface area contributed by atoms with E-state index < -0.39 is 23.5 Å². The average Bonchev–Trinajstić information content (AvgIpc) is 2.43. The smallest absolute Gasteiger partial charge is 0.329 e. The third-order valence-corrected chi connectivity index (χ3v) is 2.87. The topological polar surface area (TPSA) is 60.4 Å². The van der Waals surface area contributed by atoms with Gasteiger partial charge in [-0.3, -0.25) is 14.4 Å². The average molecular weight is 282 g/mol. The van der Waals surface area contributed by atoms with E-state index in [2.05, 4.69) is 0 Å². The van der Waals surface area contributed by atoms with Gasteiger partial charge in [-0.05, 0) is 18.6 Å². The zero-order valence-corrected chi connectivity index (χ0v) is 11.5. The first-order valence-corrected chi connectivity index (χ1v) is 6.45. The van der Waals surface area contributed by atoms with E-state index in [4.69, 9.17) is 4.74 Å². The zero-order chi connectivity index (χ0) is 15.2. The van der Waals surface area contributed by atoms with Crippen LogP contribution in [0, 0.1) is 5.92 Å². The maximum absolute atomic E-state index is 11.9. The molecule has 4 heteroatoms. The van der Waals surface area contributed by atoms with E-state index in [0.717, 1.165) is 11.6 Å². The molecule has 1 aliphatic rings. The van der Waals surface area contributed by atoms with E-state index in [-0.39, 0.29) is 5.76 Å². The maximum atomic E-state index is 11.9. The predicted octanol–water partition coefficient (Wildman–Crippen LogP) is 2.47. The third-order valence-electron chi connectivity index (χ3n) is 2.87. The van der Waals surface area contributed by atoms with Gasteiger partial charge in [0.1, 0.15) is 5.76 Å². The summed E-state index contributed by atoms with van der Waals surface area (Å²) in [5.74, 6) is -3.10. The lowest BCUT2D eigenvalue weighted by molar-refractivity contribution is -0.151. The highest BCUT2D eigenvalue weighted by atomic mass is 16.5. The van der Waals surface area contributed by atoms with E-state index in [1.54, 1.807) is 6.08 Å². The molecule has 21 heavy (non-hydrogen) atoms. The second-order valence-electron chi connectivity index (χ2n) is 4.54. The second-order valence-corrected chi connectivity index (χ2v) is 4.54. The van der Waals surface area contributed by atoms with E-state index in [1.165, 1.54) is 19.1 Å². The lowest BCUT2D eigenvalue weighted by Gasteiger charge is -2.15. The number of carbonyl (C=O) groups is 3. The van der Waals surface area contributed by atoms with Gasteiger partial charge in [0.05, 0.1) is 0 Å². The summed E-state index contributed by atoms with van der Waals surface area (Å²) in [7, 11) is 0. The first-order valence-electron chi connectivity index (χ1n) is 6.45. The quantitative estimate of drug-likeness (QED) is 0.368. The van der Waals surface area contributed by atoms with Crippen LogP contribution in [0.2, 0.25) is 0 Å². The van der Waals surface area contributed by atoms with Crippen molar-refractivity contribution in [2.24, 2.45) is 5.92 Å². The van der Waals surface area contributed by atoms with Gasteiger partial charge in [0.2, 0.25) is 0 Å². The van der Waals surface area contributed by atoms with Crippen LogP contribution in [0.25, 0.3) is 6.08 Å². The second kappa shape index (κ2) is 6.61. The molecule has 2 rings (SSSR count). The fourth-order valence-electron chi connectivity index (χ4n) is 1.88. The lowest BCUT2D eigenvalue weighted by atomic mass is 9.96. The van der Waals surface area contributed by atoms with Crippen LogP contribution in [-0.2, 0) is 19.1 Å². The minimum atomic E-state index is -1.38. The summed E-state index contributed by atoms with van der Waals surface area (Å²) in [6.45, 7) is 1.49. The first kappa shape index (κ1) is 14.7. The number of allylic oxidation sites excluding steroid dienone is 5. The molecule has 1 aliphatic heterocycles. The van der Waals surface area contributed by atoms with Crippen LogP contribution in [0.3, 0.4) is 0 Å². The fourth-order valence-corrected chi connectivity index (χ4v) is 1.88. The van der Waals surface area contributed by atoms with Crippen LogP contribution in [0.5, 0.6) is 0 Å². The number of ether oxygens (including phenoxy) is 1.